The van der Waals surface area contributed by atoms with Crippen LogP contribution in [0.15, 0.2) is 11.1 Å². The number of epoxide rings is 3. The first-order valence-electron chi connectivity index (χ1n) is 9.50. The highest BCUT2D eigenvalue weighted by Crippen LogP contribution is 2.55. The summed E-state index contributed by atoms with van der Waals surface area (Å²) in [6.07, 6.45) is 3.73. The lowest BCUT2D eigenvalue weighted by molar-refractivity contribution is -0.175. The molecule has 140 valence electrons. The highest BCUT2D eigenvalue weighted by molar-refractivity contribution is 5.41. The van der Waals surface area contributed by atoms with Crippen LogP contribution in [-0.4, -0.2) is 75.3 Å². The smallest absolute Gasteiger partial charge is 0.104 e. The van der Waals surface area contributed by atoms with Crippen molar-refractivity contribution in [2.45, 2.75) is 68.7 Å². The Morgan fingerprint density at radius 3 is 2.20 bits per heavy atom. The largest absolute Gasteiger partial charge is 0.372 e. The molecular weight excluding hydrogens is 324 g/mol. The molecule has 0 aromatic carbocycles. The van der Waals surface area contributed by atoms with Crippen molar-refractivity contribution in [2.75, 3.05) is 39.6 Å². The first kappa shape index (κ1) is 16.7. The van der Waals surface area contributed by atoms with E-state index >= 15 is 0 Å². The molecule has 0 aromatic rings. The van der Waals surface area contributed by atoms with E-state index in [9.17, 15) is 0 Å². The minimum atomic E-state index is -0.248. The fraction of sp³-hybridized carbons (Fsp3) is 0.895. The Morgan fingerprint density at radius 1 is 0.960 bits per heavy atom. The van der Waals surface area contributed by atoms with E-state index < -0.39 is 0 Å². The second-order valence-corrected chi connectivity index (χ2v) is 8.51. The zero-order chi connectivity index (χ0) is 17.1. The van der Waals surface area contributed by atoms with Gasteiger partial charge in [-0.2, -0.15) is 0 Å². The second-order valence-electron chi connectivity index (χ2n) is 8.51. The van der Waals surface area contributed by atoms with Crippen LogP contribution in [0.1, 0.15) is 33.1 Å². The van der Waals surface area contributed by atoms with Gasteiger partial charge in [0.2, 0.25) is 0 Å². The van der Waals surface area contributed by atoms with E-state index in [-0.39, 0.29) is 29.5 Å². The van der Waals surface area contributed by atoms with Gasteiger partial charge >= 0.3 is 0 Å². The average Bonchev–Trinajstić information content (AvgIpc) is 3.40. The van der Waals surface area contributed by atoms with Crippen molar-refractivity contribution in [3.8, 4) is 0 Å². The van der Waals surface area contributed by atoms with Gasteiger partial charge in [-0.1, -0.05) is 5.57 Å². The van der Waals surface area contributed by atoms with Crippen molar-refractivity contribution in [1.82, 2.24) is 0 Å². The first-order chi connectivity index (χ1) is 12.1. The van der Waals surface area contributed by atoms with Gasteiger partial charge in [-0.15, -0.1) is 0 Å². The molecule has 5 aliphatic rings. The molecule has 2 aliphatic carbocycles. The van der Waals surface area contributed by atoms with Crippen LogP contribution in [0, 0.1) is 0 Å². The van der Waals surface area contributed by atoms with Gasteiger partial charge in [0.25, 0.3) is 0 Å². The van der Waals surface area contributed by atoms with E-state index in [0.29, 0.717) is 25.9 Å². The Kier molecular flexibility index (Phi) is 4.00. The van der Waals surface area contributed by atoms with Gasteiger partial charge < -0.3 is 28.4 Å². The van der Waals surface area contributed by atoms with E-state index in [2.05, 4.69) is 13.8 Å². The van der Waals surface area contributed by atoms with E-state index in [0.717, 1.165) is 39.1 Å². The van der Waals surface area contributed by atoms with Crippen LogP contribution in [0.3, 0.4) is 0 Å². The van der Waals surface area contributed by atoms with Crippen molar-refractivity contribution in [3.63, 3.8) is 0 Å². The summed E-state index contributed by atoms with van der Waals surface area (Å²) < 4.78 is 34.7. The van der Waals surface area contributed by atoms with E-state index in [1.807, 2.05) is 0 Å². The predicted molar refractivity (Wildman–Crippen MR) is 88.6 cm³/mol. The van der Waals surface area contributed by atoms with Gasteiger partial charge in [0.1, 0.15) is 18.3 Å². The molecule has 3 heterocycles. The van der Waals surface area contributed by atoms with Crippen molar-refractivity contribution in [2.24, 2.45) is 0 Å². The van der Waals surface area contributed by atoms with Gasteiger partial charge in [0, 0.05) is 12.8 Å². The third-order valence-electron chi connectivity index (χ3n) is 5.94. The maximum absolute atomic E-state index is 6.43. The van der Waals surface area contributed by atoms with E-state index in [1.54, 1.807) is 0 Å². The molecule has 0 spiro atoms. The number of rotatable bonds is 9. The number of fused-ring (bicyclic) bond motifs is 1. The lowest BCUT2D eigenvalue weighted by Gasteiger charge is -2.57. The Morgan fingerprint density at radius 2 is 1.56 bits per heavy atom. The van der Waals surface area contributed by atoms with Crippen molar-refractivity contribution in [1.29, 1.82) is 0 Å². The van der Waals surface area contributed by atoms with Crippen LogP contribution < -0.4 is 0 Å². The molecule has 0 aromatic heterocycles. The molecule has 6 unspecified atom stereocenters. The summed E-state index contributed by atoms with van der Waals surface area (Å²) >= 11 is 0. The molecule has 3 aliphatic heterocycles. The molecule has 3 saturated heterocycles. The zero-order valence-corrected chi connectivity index (χ0v) is 15.1. The Balaban J connectivity index is 1.30. The normalized spacial score (nSPS) is 47.3. The lowest BCUT2D eigenvalue weighted by Crippen LogP contribution is -2.61. The van der Waals surface area contributed by atoms with E-state index in [1.165, 1.54) is 11.1 Å². The molecule has 0 bridgehead atoms. The molecule has 6 nitrogen and oxygen atoms in total. The summed E-state index contributed by atoms with van der Waals surface area (Å²) in [6.45, 7) is 8.93. The Labute approximate surface area is 148 Å². The van der Waals surface area contributed by atoms with Crippen LogP contribution in [0.25, 0.3) is 0 Å². The summed E-state index contributed by atoms with van der Waals surface area (Å²) in [4.78, 5) is 0. The van der Waals surface area contributed by atoms with Crippen molar-refractivity contribution >= 4 is 0 Å². The van der Waals surface area contributed by atoms with Crippen molar-refractivity contribution in [3.05, 3.63) is 11.1 Å². The average molecular weight is 352 g/mol. The van der Waals surface area contributed by atoms with Gasteiger partial charge in [-0.25, -0.2) is 0 Å². The number of hydrogen-bond donors (Lipinski definition) is 0. The zero-order valence-electron chi connectivity index (χ0n) is 15.1. The molecule has 6 heteroatoms. The molecule has 0 radical (unpaired) electrons. The lowest BCUT2D eigenvalue weighted by atomic mass is 9.60. The molecule has 4 fully saturated rings. The topological polar surface area (TPSA) is 65.3 Å². The number of ether oxygens (including phenoxy) is 6. The maximum Gasteiger partial charge on any atom is 0.104 e. The summed E-state index contributed by atoms with van der Waals surface area (Å²) in [5.74, 6) is 0. The highest BCUT2D eigenvalue weighted by Gasteiger charge is 2.59. The van der Waals surface area contributed by atoms with Crippen molar-refractivity contribution < 1.29 is 28.4 Å². The minimum absolute atomic E-state index is 0.167. The third-order valence-corrected chi connectivity index (χ3v) is 5.94. The second kappa shape index (κ2) is 6.01. The van der Waals surface area contributed by atoms with Crippen LogP contribution >= 0.6 is 0 Å². The summed E-state index contributed by atoms with van der Waals surface area (Å²) in [6, 6.07) is 0. The number of hydrogen-bond acceptors (Lipinski definition) is 6. The molecule has 1 saturated carbocycles. The van der Waals surface area contributed by atoms with Crippen LogP contribution in [0.4, 0.5) is 0 Å². The Bertz CT molecular complexity index is 564. The molecule has 0 N–H and O–H groups in total. The fourth-order valence-electron chi connectivity index (χ4n) is 4.52. The minimum Gasteiger partial charge on any atom is -0.372 e. The quantitative estimate of drug-likeness (QED) is 0.464. The van der Waals surface area contributed by atoms with Gasteiger partial charge in [-0.05, 0) is 25.8 Å². The van der Waals surface area contributed by atoms with Crippen LogP contribution in [-0.2, 0) is 28.4 Å². The predicted octanol–water partition coefficient (Wildman–Crippen LogP) is 1.61. The molecule has 0 amide bonds. The summed E-state index contributed by atoms with van der Waals surface area (Å²) in [5.41, 5.74) is 2.25. The summed E-state index contributed by atoms with van der Waals surface area (Å²) in [5, 5.41) is 0. The maximum atomic E-state index is 6.43. The molecule has 25 heavy (non-hydrogen) atoms. The molecule has 6 atom stereocenters. The third kappa shape index (κ3) is 3.53. The van der Waals surface area contributed by atoms with Crippen LogP contribution in [0.5, 0.6) is 0 Å². The summed E-state index contributed by atoms with van der Waals surface area (Å²) in [7, 11) is 0. The fourth-order valence-corrected chi connectivity index (χ4v) is 4.52. The van der Waals surface area contributed by atoms with Gasteiger partial charge in [0.05, 0.1) is 56.9 Å². The SMILES string of the molecule is CC1=C2C(OCC3CO3)CC2(OCC2CO2)CC(C)(OCC2CO2)C1. The van der Waals surface area contributed by atoms with E-state index in [4.69, 9.17) is 28.4 Å². The Hall–Kier alpha value is -0.500. The van der Waals surface area contributed by atoms with Crippen LogP contribution in [0.2, 0.25) is 0 Å². The van der Waals surface area contributed by atoms with Gasteiger partial charge in [0.15, 0.2) is 0 Å². The molecular formula is C19H28O6. The monoisotopic (exact) mass is 352 g/mol. The highest BCUT2D eigenvalue weighted by atomic mass is 16.6. The first-order valence-corrected chi connectivity index (χ1v) is 9.50. The molecule has 5 rings (SSSR count). The van der Waals surface area contributed by atoms with Gasteiger partial charge in [-0.3, -0.25) is 0 Å². The standard InChI is InChI=1S/C19H28O6/c1-12-3-18(2,24-9-14-6-21-14)11-19(25-10-15-7-22-15)4-16(17(12)19)23-8-13-5-20-13/h13-16H,3-11H2,1-2H3.